The molecule has 20 heteroatoms. The van der Waals surface area contributed by atoms with E-state index in [1.54, 1.807) is 19.1 Å². The number of fused-ring (bicyclic) bond motifs is 1. The van der Waals surface area contributed by atoms with Crippen LogP contribution in [0.4, 0.5) is 5.69 Å². The average molecular weight is 701 g/mol. The summed E-state index contributed by atoms with van der Waals surface area (Å²) in [6, 6.07) is 3.00. The molecule has 3 unspecified atom stereocenters. The third kappa shape index (κ3) is 14.9. The predicted octanol–water partition coefficient (Wildman–Crippen LogP) is -3.39. The van der Waals surface area contributed by atoms with Crippen LogP contribution in [0.3, 0.4) is 0 Å². The number of nitrogens with zero attached hydrogens (tertiary/aromatic N) is 3. The summed E-state index contributed by atoms with van der Waals surface area (Å²) in [4.78, 5) is 75.8. The van der Waals surface area contributed by atoms with Crippen LogP contribution in [0.25, 0.3) is 11.0 Å². The number of nitrogens with two attached hydrogens (primary N) is 7. The maximum Gasteiger partial charge on any atom is 0.336 e. The second-order valence-electron chi connectivity index (χ2n) is 11.3. The van der Waals surface area contributed by atoms with Crippen molar-refractivity contribution >= 4 is 58.2 Å². The number of carbonyl (C=O) groups excluding carboxylic acids is 4. The number of hydrogen-bond donors (Lipinski definition) is 11. The van der Waals surface area contributed by atoms with Gasteiger partial charge in [0.25, 0.3) is 0 Å². The number of aliphatic imine (C=N–C) groups is 3. The summed E-state index contributed by atoms with van der Waals surface area (Å²) in [5.41, 5.74) is 38.8. The molecule has 274 valence electrons. The van der Waals surface area contributed by atoms with Crippen molar-refractivity contribution in [2.45, 2.75) is 63.6 Å². The van der Waals surface area contributed by atoms with Crippen molar-refractivity contribution in [3.05, 3.63) is 40.2 Å². The highest BCUT2D eigenvalue weighted by Crippen LogP contribution is 2.21. The van der Waals surface area contributed by atoms with E-state index >= 15 is 0 Å². The Kier molecular flexibility index (Phi) is 16.5. The number of anilines is 1. The van der Waals surface area contributed by atoms with Gasteiger partial charge in [-0.05, 0) is 63.1 Å². The minimum Gasteiger partial charge on any atom is -0.423 e. The number of hydrogen-bond acceptors (Lipinski definition) is 10. The molecule has 0 aliphatic carbocycles. The van der Waals surface area contributed by atoms with Crippen molar-refractivity contribution in [1.29, 1.82) is 0 Å². The van der Waals surface area contributed by atoms with Gasteiger partial charge in [-0.25, -0.2) is 4.79 Å². The fourth-order valence-electron chi connectivity index (χ4n) is 4.64. The fraction of sp³-hybridized carbons (Fsp3) is 0.467. The highest BCUT2D eigenvalue weighted by atomic mass is 16.4. The van der Waals surface area contributed by atoms with Gasteiger partial charge in [0.05, 0.1) is 12.6 Å². The van der Waals surface area contributed by atoms with Crippen molar-refractivity contribution in [3.63, 3.8) is 0 Å². The van der Waals surface area contributed by atoms with Crippen molar-refractivity contribution in [3.8, 4) is 0 Å². The predicted molar refractivity (Wildman–Crippen MR) is 190 cm³/mol. The van der Waals surface area contributed by atoms with Crippen LogP contribution in [0.15, 0.2) is 48.5 Å². The molecule has 0 aliphatic heterocycles. The van der Waals surface area contributed by atoms with E-state index in [0.717, 1.165) is 0 Å². The van der Waals surface area contributed by atoms with Crippen molar-refractivity contribution in [2.24, 2.45) is 55.1 Å². The Hall–Kier alpha value is -5.92. The molecule has 2 aromatic rings. The van der Waals surface area contributed by atoms with Gasteiger partial charge < -0.3 is 65.8 Å². The van der Waals surface area contributed by atoms with Gasteiger partial charge in [0, 0.05) is 42.8 Å². The molecule has 20 nitrogen and oxygen atoms in total. The van der Waals surface area contributed by atoms with Crippen LogP contribution in [0.1, 0.15) is 44.1 Å². The van der Waals surface area contributed by atoms with E-state index in [2.05, 4.69) is 36.2 Å². The Morgan fingerprint density at radius 3 is 1.84 bits per heavy atom. The van der Waals surface area contributed by atoms with Crippen LogP contribution in [0, 0.1) is 6.92 Å². The van der Waals surface area contributed by atoms with Crippen LogP contribution in [-0.4, -0.2) is 85.8 Å². The Morgan fingerprint density at radius 2 is 1.28 bits per heavy atom. The molecule has 2 rings (SSSR count). The van der Waals surface area contributed by atoms with Crippen LogP contribution in [0.2, 0.25) is 0 Å². The molecule has 0 fully saturated rings. The van der Waals surface area contributed by atoms with Gasteiger partial charge >= 0.3 is 5.63 Å². The van der Waals surface area contributed by atoms with Gasteiger partial charge in [-0.3, -0.25) is 34.2 Å². The lowest BCUT2D eigenvalue weighted by molar-refractivity contribution is -0.131. The monoisotopic (exact) mass is 700 g/mol. The first-order valence-corrected chi connectivity index (χ1v) is 15.8. The van der Waals surface area contributed by atoms with E-state index in [1.165, 1.54) is 12.1 Å². The first kappa shape index (κ1) is 40.3. The maximum absolute atomic E-state index is 13.6. The third-order valence-corrected chi connectivity index (χ3v) is 7.12. The zero-order valence-corrected chi connectivity index (χ0v) is 27.9. The maximum atomic E-state index is 13.6. The van der Waals surface area contributed by atoms with E-state index < -0.39 is 53.9 Å². The number of guanidine groups is 3. The largest absolute Gasteiger partial charge is 0.423 e. The first-order valence-electron chi connectivity index (χ1n) is 15.8. The molecular weight excluding hydrogens is 652 g/mol. The lowest BCUT2D eigenvalue weighted by atomic mass is 10.1. The number of benzene rings is 1. The molecule has 18 N–H and O–H groups in total. The number of amides is 4. The number of nitrogens with one attached hydrogen (secondary N) is 4. The molecule has 0 saturated carbocycles. The van der Waals surface area contributed by atoms with Gasteiger partial charge in [-0.2, -0.15) is 0 Å². The Balaban J connectivity index is 2.17. The zero-order chi connectivity index (χ0) is 37.2. The number of carbonyl (C=O) groups is 4. The van der Waals surface area contributed by atoms with Gasteiger partial charge in [-0.15, -0.1) is 0 Å². The molecule has 4 amide bonds. The Morgan fingerprint density at radius 1 is 0.740 bits per heavy atom. The van der Waals surface area contributed by atoms with Crippen LogP contribution in [-0.2, 0) is 19.2 Å². The second kappa shape index (κ2) is 20.4. The summed E-state index contributed by atoms with van der Waals surface area (Å²) >= 11 is 0. The fourth-order valence-corrected chi connectivity index (χ4v) is 4.64. The topological polar surface area (TPSA) is 366 Å². The average Bonchev–Trinajstić information content (AvgIpc) is 3.03. The summed E-state index contributed by atoms with van der Waals surface area (Å²) in [5, 5.41) is 11.1. The minimum absolute atomic E-state index is 0.0781. The number of aryl methyl sites for hydroxylation is 1. The summed E-state index contributed by atoms with van der Waals surface area (Å²) in [5.74, 6) is -2.91. The van der Waals surface area contributed by atoms with E-state index in [1.807, 2.05) is 0 Å². The smallest absolute Gasteiger partial charge is 0.336 e. The molecule has 0 radical (unpaired) electrons. The summed E-state index contributed by atoms with van der Waals surface area (Å²) < 4.78 is 5.27. The molecule has 0 bridgehead atoms. The van der Waals surface area contributed by atoms with Crippen LogP contribution >= 0.6 is 0 Å². The summed E-state index contributed by atoms with van der Waals surface area (Å²) in [6.07, 6.45) is 1.49. The quantitative estimate of drug-likeness (QED) is 0.0278. The standard InChI is InChI=1S/C30H48N14O6/c1-16-13-24(46)50-22-14-17(8-9-18(16)22)42-26(48)21(7-4-12-40-30(36)37)44-27(49)20(6-3-11-39-29(34)35)43-23(45)15-41-25(47)19(31)5-2-10-38-28(32)33/h8-9,13-14,19-21H,2-7,10-12,15,31H2,1H3,(H,41,47)(H,42,48)(H,43,45)(H,44,49)(H4,32,33,38)(H4,34,35,39)(H4,36,37,40). The molecule has 1 aromatic carbocycles. The minimum atomic E-state index is -1.15. The summed E-state index contributed by atoms with van der Waals surface area (Å²) in [7, 11) is 0. The van der Waals surface area contributed by atoms with Gasteiger partial charge in [0.2, 0.25) is 23.6 Å². The molecular formula is C30H48N14O6. The van der Waals surface area contributed by atoms with Crippen molar-refractivity contribution < 1.29 is 23.6 Å². The zero-order valence-electron chi connectivity index (χ0n) is 27.9. The number of rotatable bonds is 20. The second-order valence-corrected chi connectivity index (χ2v) is 11.3. The third-order valence-electron chi connectivity index (χ3n) is 7.12. The molecule has 0 saturated heterocycles. The molecule has 0 aliphatic rings. The lowest BCUT2D eigenvalue weighted by Gasteiger charge is -2.23. The lowest BCUT2D eigenvalue weighted by Crippen LogP contribution is -2.54. The van der Waals surface area contributed by atoms with E-state index in [9.17, 15) is 24.0 Å². The van der Waals surface area contributed by atoms with E-state index in [-0.39, 0.29) is 68.8 Å². The Bertz CT molecular complexity index is 1630. The van der Waals surface area contributed by atoms with E-state index in [4.69, 9.17) is 44.6 Å². The molecule has 50 heavy (non-hydrogen) atoms. The molecule has 3 atom stereocenters. The molecule has 0 spiro atoms. The van der Waals surface area contributed by atoms with E-state index in [0.29, 0.717) is 29.5 Å². The first-order chi connectivity index (χ1) is 23.7. The summed E-state index contributed by atoms with van der Waals surface area (Å²) in [6.45, 7) is 1.91. The van der Waals surface area contributed by atoms with Gasteiger partial charge in [0.15, 0.2) is 17.9 Å². The van der Waals surface area contributed by atoms with Crippen molar-refractivity contribution in [1.82, 2.24) is 16.0 Å². The van der Waals surface area contributed by atoms with Crippen LogP contribution < -0.4 is 67.0 Å². The molecule has 1 heterocycles. The van der Waals surface area contributed by atoms with Crippen molar-refractivity contribution in [2.75, 3.05) is 31.5 Å². The highest BCUT2D eigenvalue weighted by molar-refractivity contribution is 6.00. The Labute approximate surface area is 288 Å². The van der Waals surface area contributed by atoms with Gasteiger partial charge in [0.1, 0.15) is 17.7 Å². The normalized spacial score (nSPS) is 12.4. The SMILES string of the molecule is Cc1cc(=O)oc2cc(NC(=O)C(CCCN=C(N)N)NC(=O)C(CCCN=C(N)N)NC(=O)CNC(=O)C(N)CCCN=C(N)N)ccc12. The van der Waals surface area contributed by atoms with Crippen LogP contribution in [0.5, 0.6) is 0 Å². The molecule has 1 aromatic heterocycles. The van der Waals surface area contributed by atoms with Gasteiger partial charge in [-0.1, -0.05) is 0 Å². The highest BCUT2D eigenvalue weighted by Gasteiger charge is 2.27.